The number of hydrogen-bond acceptors (Lipinski definition) is 4. The van der Waals surface area contributed by atoms with Crippen LogP contribution in [-0.4, -0.2) is 34.4 Å². The Morgan fingerprint density at radius 1 is 0.500 bits per heavy atom. The fourth-order valence-corrected chi connectivity index (χ4v) is 2.20. The highest BCUT2D eigenvalue weighted by atomic mass is 16.3. The topological polar surface area (TPSA) is 64.5 Å². The van der Waals surface area contributed by atoms with Gasteiger partial charge >= 0.3 is 0 Å². The Bertz CT molecular complexity index is 494. The van der Waals surface area contributed by atoms with Crippen LogP contribution in [0.5, 0.6) is 11.5 Å². The zero-order chi connectivity index (χ0) is 23.9. The van der Waals surface area contributed by atoms with Crippen LogP contribution in [0.2, 0.25) is 0 Å². The van der Waals surface area contributed by atoms with Gasteiger partial charge < -0.3 is 20.8 Å². The van der Waals surface area contributed by atoms with Crippen molar-refractivity contribution in [3.05, 3.63) is 60.7 Å². The molecule has 30 heavy (non-hydrogen) atoms. The molecule has 0 spiro atoms. The molecule has 174 valence electrons. The summed E-state index contributed by atoms with van der Waals surface area (Å²) < 4.78 is 0. The minimum Gasteiger partial charge on any atom is -0.508 e. The van der Waals surface area contributed by atoms with E-state index >= 15 is 0 Å². The Morgan fingerprint density at radius 3 is 0.867 bits per heavy atom. The maximum atomic E-state index is 8.63. The van der Waals surface area contributed by atoms with E-state index in [1.54, 1.807) is 48.5 Å². The number of phenols is 2. The second-order valence-electron chi connectivity index (χ2n) is 6.89. The van der Waals surface area contributed by atoms with Gasteiger partial charge in [0.05, 0.1) is 0 Å². The zero-order valence-corrected chi connectivity index (χ0v) is 21.0. The smallest absolute Gasteiger partial charge is 0.115 e. The lowest BCUT2D eigenvalue weighted by Crippen LogP contribution is -2.48. The number of aromatic hydroxyl groups is 2. The molecular weight excluding hydrogens is 372 g/mol. The number of para-hydroxylation sites is 2. The molecule has 0 fully saturated rings. The van der Waals surface area contributed by atoms with E-state index < -0.39 is 0 Å². The number of benzene rings is 2. The second kappa shape index (κ2) is 23.2. The van der Waals surface area contributed by atoms with Crippen LogP contribution in [0.4, 0.5) is 0 Å². The van der Waals surface area contributed by atoms with E-state index in [1.165, 1.54) is 0 Å². The van der Waals surface area contributed by atoms with Crippen molar-refractivity contribution in [1.82, 2.24) is 10.6 Å². The van der Waals surface area contributed by atoms with E-state index in [9.17, 15) is 0 Å². The highest BCUT2D eigenvalue weighted by Crippen LogP contribution is 2.03. The predicted octanol–water partition coefficient (Wildman–Crippen LogP) is 6.60. The molecule has 0 aromatic heterocycles. The third kappa shape index (κ3) is 24.0. The third-order valence-electron chi connectivity index (χ3n) is 3.45. The first-order valence-corrected chi connectivity index (χ1v) is 11.2. The highest BCUT2D eigenvalue weighted by molar-refractivity contribution is 5.19. The summed E-state index contributed by atoms with van der Waals surface area (Å²) in [5.41, 5.74) is 0. The van der Waals surface area contributed by atoms with Crippen LogP contribution in [0.3, 0.4) is 0 Å². The highest BCUT2D eigenvalue weighted by Gasteiger charge is 2.12. The summed E-state index contributed by atoms with van der Waals surface area (Å²) in [6.45, 7) is 21.2. The van der Waals surface area contributed by atoms with Crippen LogP contribution in [0.25, 0.3) is 0 Å². The van der Waals surface area contributed by atoms with E-state index in [4.69, 9.17) is 10.2 Å². The summed E-state index contributed by atoms with van der Waals surface area (Å²) in [5, 5.41) is 24.2. The first kappa shape index (κ1) is 32.6. The number of hydrogen-bond donors (Lipinski definition) is 4. The van der Waals surface area contributed by atoms with Crippen LogP contribution >= 0.6 is 0 Å². The van der Waals surface area contributed by atoms with E-state index in [0.29, 0.717) is 35.7 Å². The molecule has 2 atom stereocenters. The Hall–Kier alpha value is -2.04. The van der Waals surface area contributed by atoms with Crippen LogP contribution in [-0.2, 0) is 0 Å². The molecule has 0 aliphatic heterocycles. The van der Waals surface area contributed by atoms with Gasteiger partial charge in [-0.15, -0.1) is 0 Å². The summed E-state index contributed by atoms with van der Waals surface area (Å²) in [7, 11) is 0. The van der Waals surface area contributed by atoms with Crippen LogP contribution in [0.1, 0.15) is 69.2 Å². The van der Waals surface area contributed by atoms with Crippen molar-refractivity contribution in [1.29, 1.82) is 0 Å². The Labute approximate surface area is 186 Å². The van der Waals surface area contributed by atoms with Crippen molar-refractivity contribution in [3.8, 4) is 11.5 Å². The van der Waals surface area contributed by atoms with Gasteiger partial charge in [0.25, 0.3) is 0 Å². The molecule has 0 saturated heterocycles. The molecule has 0 saturated carbocycles. The minimum atomic E-state index is 0.322. The molecule has 2 aromatic rings. The van der Waals surface area contributed by atoms with Crippen LogP contribution in [0.15, 0.2) is 60.7 Å². The quantitative estimate of drug-likeness (QED) is 0.440. The number of phenolic OH excluding ortho intramolecular Hbond substituents is 2. The van der Waals surface area contributed by atoms with Gasteiger partial charge in [-0.1, -0.05) is 91.8 Å². The third-order valence-corrected chi connectivity index (χ3v) is 3.45. The number of rotatable bonds is 5. The zero-order valence-electron chi connectivity index (χ0n) is 21.0. The van der Waals surface area contributed by atoms with E-state index in [0.717, 1.165) is 0 Å². The van der Waals surface area contributed by atoms with Crippen molar-refractivity contribution < 1.29 is 10.2 Å². The fourth-order valence-electron chi connectivity index (χ4n) is 2.20. The molecule has 0 radical (unpaired) electrons. The van der Waals surface area contributed by atoms with E-state index in [-0.39, 0.29) is 0 Å². The van der Waals surface area contributed by atoms with Crippen molar-refractivity contribution in [3.63, 3.8) is 0 Å². The summed E-state index contributed by atoms with van der Waals surface area (Å²) in [4.78, 5) is 0. The summed E-state index contributed by atoms with van der Waals surface area (Å²) in [5.74, 6) is 0.644. The molecule has 0 bridgehead atoms. The Balaban J connectivity index is -0.000000349. The standard InChI is InChI=1S/C10H24N2.2C6H6O.2C2H6/c1-7(2)11-9(5)10(6)12-8(3)4;2*7-6-4-2-1-3-5-6;2*1-2/h7-12H,1-6H3;2*1-5,7H;2*1-2H3. The lowest BCUT2D eigenvalue weighted by Gasteiger charge is -2.26. The lowest BCUT2D eigenvalue weighted by atomic mass is 10.1. The second-order valence-corrected chi connectivity index (χ2v) is 6.89. The lowest BCUT2D eigenvalue weighted by molar-refractivity contribution is 0.365. The molecule has 4 heteroatoms. The molecule has 4 N–H and O–H groups in total. The normalized spacial score (nSPS) is 11.2. The molecule has 2 aromatic carbocycles. The monoisotopic (exact) mass is 420 g/mol. The SMILES string of the molecule is CC.CC.CC(C)NC(C)C(C)NC(C)C.Oc1ccccc1.Oc1ccccc1. The van der Waals surface area contributed by atoms with Gasteiger partial charge in [0.2, 0.25) is 0 Å². The van der Waals surface area contributed by atoms with Gasteiger partial charge in [-0.25, -0.2) is 0 Å². The van der Waals surface area contributed by atoms with Crippen molar-refractivity contribution in [2.45, 2.75) is 93.4 Å². The van der Waals surface area contributed by atoms with Crippen molar-refractivity contribution in [2.75, 3.05) is 0 Å². The summed E-state index contributed by atoms with van der Waals surface area (Å²) >= 11 is 0. The van der Waals surface area contributed by atoms with E-state index in [2.05, 4.69) is 52.2 Å². The van der Waals surface area contributed by atoms with Gasteiger partial charge in [-0.05, 0) is 38.1 Å². The van der Waals surface area contributed by atoms with Gasteiger partial charge in [-0.3, -0.25) is 0 Å². The Morgan fingerprint density at radius 2 is 0.733 bits per heavy atom. The molecule has 2 rings (SSSR count). The molecule has 0 heterocycles. The maximum Gasteiger partial charge on any atom is 0.115 e. The minimum absolute atomic E-state index is 0.322. The average molecular weight is 421 g/mol. The van der Waals surface area contributed by atoms with Gasteiger partial charge in [0.1, 0.15) is 11.5 Å². The van der Waals surface area contributed by atoms with Gasteiger partial charge in [0, 0.05) is 24.2 Å². The summed E-state index contributed by atoms with van der Waals surface area (Å²) in [6, 6.07) is 19.6. The van der Waals surface area contributed by atoms with Crippen molar-refractivity contribution in [2.24, 2.45) is 0 Å². The number of nitrogens with one attached hydrogen (secondary N) is 2. The molecular formula is C26H48N2O2. The van der Waals surface area contributed by atoms with Gasteiger partial charge in [-0.2, -0.15) is 0 Å². The van der Waals surface area contributed by atoms with Crippen LogP contribution < -0.4 is 10.6 Å². The molecule has 0 aliphatic carbocycles. The molecule has 0 aliphatic rings. The largest absolute Gasteiger partial charge is 0.508 e. The predicted molar refractivity (Wildman–Crippen MR) is 134 cm³/mol. The van der Waals surface area contributed by atoms with Crippen molar-refractivity contribution >= 4 is 0 Å². The first-order valence-electron chi connectivity index (χ1n) is 11.2. The fraction of sp³-hybridized carbons (Fsp3) is 0.538. The first-order chi connectivity index (χ1) is 14.2. The Kier molecular flexibility index (Phi) is 25.3. The van der Waals surface area contributed by atoms with Gasteiger partial charge in [0.15, 0.2) is 0 Å². The average Bonchev–Trinajstić information content (AvgIpc) is 2.72. The molecule has 2 unspecified atom stereocenters. The molecule has 4 nitrogen and oxygen atoms in total. The molecule has 0 amide bonds. The van der Waals surface area contributed by atoms with Crippen LogP contribution in [0, 0.1) is 0 Å². The maximum absolute atomic E-state index is 8.63. The van der Waals surface area contributed by atoms with E-state index in [1.807, 2.05) is 39.8 Å². The summed E-state index contributed by atoms with van der Waals surface area (Å²) in [6.07, 6.45) is 0.